The molecule has 0 saturated heterocycles. The first kappa shape index (κ1) is 25.0. The minimum Gasteiger partial charge on any atom is -0.495 e. The van der Waals surface area contributed by atoms with Gasteiger partial charge >= 0.3 is 11.8 Å². The van der Waals surface area contributed by atoms with E-state index in [4.69, 9.17) is 9.47 Å². The van der Waals surface area contributed by atoms with Crippen molar-refractivity contribution < 1.29 is 23.9 Å². The largest absolute Gasteiger partial charge is 0.495 e. The number of ether oxygens (including phenoxy) is 2. The highest BCUT2D eigenvalue weighted by Crippen LogP contribution is 2.22. The van der Waals surface area contributed by atoms with Crippen LogP contribution in [0.1, 0.15) is 16.7 Å². The topological polar surface area (TPSA) is 118 Å². The van der Waals surface area contributed by atoms with Gasteiger partial charge in [0.15, 0.2) is 6.61 Å². The normalized spacial score (nSPS) is 10.5. The van der Waals surface area contributed by atoms with E-state index in [1.165, 1.54) is 13.3 Å². The van der Waals surface area contributed by atoms with Crippen LogP contribution in [0.15, 0.2) is 71.8 Å². The molecular formula is C26H26N4O5. The second-order valence-corrected chi connectivity index (χ2v) is 7.56. The van der Waals surface area contributed by atoms with Gasteiger partial charge in [0.1, 0.15) is 11.5 Å². The fourth-order valence-electron chi connectivity index (χ4n) is 2.96. The summed E-state index contributed by atoms with van der Waals surface area (Å²) < 4.78 is 10.6. The average Bonchev–Trinajstić information content (AvgIpc) is 2.86. The lowest BCUT2D eigenvalue weighted by atomic mass is 10.1. The number of aryl methyl sites for hydroxylation is 2. The number of nitrogens with one attached hydrogen (secondary N) is 3. The first-order valence-electron chi connectivity index (χ1n) is 10.7. The zero-order valence-electron chi connectivity index (χ0n) is 19.6. The minimum atomic E-state index is -0.929. The molecule has 0 bridgehead atoms. The quantitative estimate of drug-likeness (QED) is 0.263. The summed E-state index contributed by atoms with van der Waals surface area (Å²) in [7, 11) is 1.46. The highest BCUT2D eigenvalue weighted by Gasteiger charge is 2.14. The number of carbonyl (C=O) groups excluding carboxylic acids is 3. The Morgan fingerprint density at radius 1 is 0.886 bits per heavy atom. The smallest absolute Gasteiger partial charge is 0.329 e. The zero-order valence-corrected chi connectivity index (χ0v) is 19.6. The van der Waals surface area contributed by atoms with E-state index in [1.807, 2.05) is 32.0 Å². The van der Waals surface area contributed by atoms with Crippen LogP contribution in [0.4, 0.5) is 11.4 Å². The Kier molecular flexibility index (Phi) is 8.55. The predicted molar refractivity (Wildman–Crippen MR) is 134 cm³/mol. The molecule has 3 amide bonds. The van der Waals surface area contributed by atoms with E-state index in [0.29, 0.717) is 28.4 Å². The molecule has 0 atom stereocenters. The molecule has 0 aliphatic rings. The van der Waals surface area contributed by atoms with Crippen LogP contribution in [0.25, 0.3) is 0 Å². The molecule has 0 saturated carbocycles. The molecule has 0 heterocycles. The number of amides is 3. The van der Waals surface area contributed by atoms with Crippen LogP contribution in [0.5, 0.6) is 11.5 Å². The van der Waals surface area contributed by atoms with E-state index in [0.717, 1.165) is 11.1 Å². The molecule has 0 spiro atoms. The zero-order chi connectivity index (χ0) is 25.2. The van der Waals surface area contributed by atoms with Crippen LogP contribution in [0, 0.1) is 13.8 Å². The molecule has 3 aromatic rings. The third-order valence-electron chi connectivity index (χ3n) is 4.98. The molecule has 0 aliphatic heterocycles. The Hall–Kier alpha value is -4.66. The predicted octanol–water partition coefficient (Wildman–Crippen LogP) is 3.42. The van der Waals surface area contributed by atoms with Crippen molar-refractivity contribution in [2.24, 2.45) is 5.10 Å². The SMILES string of the molecule is COc1ccccc1NC(=O)C(=O)N/N=C\c1ccc(OCC(=O)Nc2ccc(C)c(C)c2)cc1. The number of nitrogens with zero attached hydrogens (tertiary/aromatic N) is 1. The number of anilines is 2. The molecule has 0 unspecified atom stereocenters. The van der Waals surface area contributed by atoms with Crippen molar-refractivity contribution in [3.8, 4) is 11.5 Å². The lowest BCUT2D eigenvalue weighted by Gasteiger charge is -2.09. The molecule has 180 valence electrons. The van der Waals surface area contributed by atoms with Gasteiger partial charge in [-0.2, -0.15) is 5.10 Å². The molecule has 0 aromatic heterocycles. The summed E-state index contributed by atoms with van der Waals surface area (Å²) >= 11 is 0. The minimum absolute atomic E-state index is 0.141. The molecule has 0 radical (unpaired) electrons. The van der Waals surface area contributed by atoms with Gasteiger partial charge in [0.05, 0.1) is 19.0 Å². The second kappa shape index (κ2) is 12.0. The number of para-hydroxylation sites is 2. The van der Waals surface area contributed by atoms with E-state index in [-0.39, 0.29) is 12.5 Å². The molecule has 3 N–H and O–H groups in total. The molecular weight excluding hydrogens is 448 g/mol. The Morgan fingerprint density at radius 3 is 2.34 bits per heavy atom. The number of carbonyl (C=O) groups is 3. The van der Waals surface area contributed by atoms with Gasteiger partial charge in [-0.05, 0) is 79.1 Å². The van der Waals surface area contributed by atoms with Gasteiger partial charge in [-0.25, -0.2) is 5.43 Å². The van der Waals surface area contributed by atoms with Gasteiger partial charge in [-0.15, -0.1) is 0 Å². The van der Waals surface area contributed by atoms with Crippen molar-refractivity contribution in [2.75, 3.05) is 24.4 Å². The Balaban J connectivity index is 1.44. The van der Waals surface area contributed by atoms with Crippen molar-refractivity contribution in [2.45, 2.75) is 13.8 Å². The van der Waals surface area contributed by atoms with E-state index >= 15 is 0 Å². The molecule has 0 aliphatic carbocycles. The number of hydrogen-bond acceptors (Lipinski definition) is 6. The van der Waals surface area contributed by atoms with Crippen LogP contribution < -0.4 is 25.5 Å². The maximum absolute atomic E-state index is 12.1. The number of hydrogen-bond donors (Lipinski definition) is 3. The van der Waals surface area contributed by atoms with Gasteiger partial charge in [0.25, 0.3) is 5.91 Å². The summed E-state index contributed by atoms with van der Waals surface area (Å²) in [6, 6.07) is 19.2. The highest BCUT2D eigenvalue weighted by molar-refractivity contribution is 6.39. The van der Waals surface area contributed by atoms with Gasteiger partial charge in [-0.1, -0.05) is 18.2 Å². The van der Waals surface area contributed by atoms with E-state index in [2.05, 4.69) is 21.2 Å². The Morgan fingerprint density at radius 2 is 1.63 bits per heavy atom. The van der Waals surface area contributed by atoms with Crippen molar-refractivity contribution >= 4 is 35.3 Å². The summed E-state index contributed by atoms with van der Waals surface area (Å²) in [5, 5.41) is 9.05. The van der Waals surface area contributed by atoms with Gasteiger partial charge in [-0.3, -0.25) is 14.4 Å². The van der Waals surface area contributed by atoms with E-state index in [9.17, 15) is 14.4 Å². The summed E-state index contributed by atoms with van der Waals surface area (Å²) in [5.41, 5.74) is 6.15. The standard InChI is InChI=1S/C26H26N4O5/c1-17-8-11-20(14-18(17)2)28-24(31)16-35-21-12-9-19(10-13-21)15-27-30-26(33)25(32)29-22-6-4-5-7-23(22)34-3/h4-15H,16H2,1-3H3,(H,28,31)(H,29,32)(H,30,33)/b27-15-. The number of methoxy groups -OCH3 is 1. The summed E-state index contributed by atoms with van der Waals surface area (Å²) in [4.78, 5) is 36.1. The van der Waals surface area contributed by atoms with Gasteiger partial charge in [0, 0.05) is 5.69 Å². The van der Waals surface area contributed by atoms with Crippen molar-refractivity contribution in [3.63, 3.8) is 0 Å². The van der Waals surface area contributed by atoms with Gasteiger partial charge < -0.3 is 20.1 Å². The van der Waals surface area contributed by atoms with E-state index < -0.39 is 11.8 Å². The van der Waals surface area contributed by atoms with Crippen LogP contribution >= 0.6 is 0 Å². The van der Waals surface area contributed by atoms with Crippen LogP contribution in [-0.4, -0.2) is 37.7 Å². The van der Waals surface area contributed by atoms with E-state index in [1.54, 1.807) is 48.5 Å². The molecule has 35 heavy (non-hydrogen) atoms. The van der Waals surface area contributed by atoms with Crippen molar-refractivity contribution in [1.29, 1.82) is 0 Å². The van der Waals surface area contributed by atoms with Gasteiger partial charge in [0.2, 0.25) is 0 Å². The third kappa shape index (κ3) is 7.43. The summed E-state index contributed by atoms with van der Waals surface area (Å²) in [6.07, 6.45) is 1.38. The first-order chi connectivity index (χ1) is 16.9. The first-order valence-corrected chi connectivity index (χ1v) is 10.7. The lowest BCUT2D eigenvalue weighted by Crippen LogP contribution is -2.32. The fraction of sp³-hybridized carbons (Fsp3) is 0.154. The maximum atomic E-state index is 12.1. The average molecular weight is 475 g/mol. The van der Waals surface area contributed by atoms with Crippen LogP contribution in [0.2, 0.25) is 0 Å². The maximum Gasteiger partial charge on any atom is 0.329 e. The summed E-state index contributed by atoms with van der Waals surface area (Å²) in [6.45, 7) is 3.85. The van der Waals surface area contributed by atoms with Crippen LogP contribution in [0.3, 0.4) is 0 Å². The monoisotopic (exact) mass is 474 g/mol. The third-order valence-corrected chi connectivity index (χ3v) is 4.98. The molecule has 3 rings (SSSR count). The lowest BCUT2D eigenvalue weighted by molar-refractivity contribution is -0.136. The number of hydrazone groups is 1. The molecule has 0 fully saturated rings. The van der Waals surface area contributed by atoms with Crippen molar-refractivity contribution in [3.05, 3.63) is 83.4 Å². The molecule has 3 aromatic carbocycles. The molecule has 9 nitrogen and oxygen atoms in total. The summed E-state index contributed by atoms with van der Waals surface area (Å²) in [5.74, 6) is -1.15. The molecule has 9 heteroatoms. The number of benzene rings is 3. The number of rotatable bonds is 8. The fourth-order valence-corrected chi connectivity index (χ4v) is 2.96. The van der Waals surface area contributed by atoms with Crippen molar-refractivity contribution in [1.82, 2.24) is 5.43 Å². The van der Waals surface area contributed by atoms with Crippen LogP contribution in [-0.2, 0) is 14.4 Å². The second-order valence-electron chi connectivity index (χ2n) is 7.56. The Labute approximate surface area is 203 Å². The Bertz CT molecular complexity index is 1240. The highest BCUT2D eigenvalue weighted by atomic mass is 16.5.